The lowest BCUT2D eigenvalue weighted by atomic mass is 9.91. The standard InChI is InChI=1S/C16H30N4O/c1-4-21-11-5-8-20-12-13(2)18-16(20)19-9-6-15(7-10-19)14(3)17/h12,14-15H,4-11,17H2,1-3H3. The number of nitrogens with two attached hydrogens (primary N) is 1. The number of hydrogen-bond donors (Lipinski definition) is 1. The van der Waals surface area contributed by atoms with E-state index in [1.807, 2.05) is 6.92 Å². The quantitative estimate of drug-likeness (QED) is 0.783. The summed E-state index contributed by atoms with van der Waals surface area (Å²) in [7, 11) is 0. The molecule has 1 atom stereocenters. The average Bonchev–Trinajstić information content (AvgIpc) is 2.85. The van der Waals surface area contributed by atoms with Crippen LogP contribution in [-0.2, 0) is 11.3 Å². The first-order valence-electron chi connectivity index (χ1n) is 8.23. The molecular formula is C16H30N4O. The highest BCUT2D eigenvalue weighted by molar-refractivity contribution is 5.34. The fourth-order valence-corrected chi connectivity index (χ4v) is 3.06. The molecule has 21 heavy (non-hydrogen) atoms. The molecule has 1 aliphatic rings. The number of rotatable bonds is 7. The number of hydrogen-bond acceptors (Lipinski definition) is 4. The van der Waals surface area contributed by atoms with E-state index in [-0.39, 0.29) is 0 Å². The first kappa shape index (κ1) is 16.3. The Labute approximate surface area is 128 Å². The van der Waals surface area contributed by atoms with Gasteiger partial charge in [-0.05, 0) is 46.0 Å². The number of aryl methyl sites for hydroxylation is 2. The minimum atomic E-state index is 0.305. The summed E-state index contributed by atoms with van der Waals surface area (Å²) < 4.78 is 7.70. The van der Waals surface area contributed by atoms with Crippen LogP contribution in [-0.4, -0.2) is 41.9 Å². The second kappa shape index (κ2) is 7.80. The molecule has 1 aromatic heterocycles. The van der Waals surface area contributed by atoms with Crippen LogP contribution < -0.4 is 10.6 Å². The van der Waals surface area contributed by atoms with Crippen LogP contribution in [0, 0.1) is 12.8 Å². The van der Waals surface area contributed by atoms with Crippen molar-refractivity contribution in [2.45, 2.75) is 52.6 Å². The van der Waals surface area contributed by atoms with E-state index >= 15 is 0 Å². The molecule has 2 rings (SSSR count). The third kappa shape index (κ3) is 4.45. The van der Waals surface area contributed by atoms with Gasteiger partial charge in [0.1, 0.15) is 0 Å². The molecule has 1 aromatic rings. The summed E-state index contributed by atoms with van der Waals surface area (Å²) >= 11 is 0. The van der Waals surface area contributed by atoms with E-state index in [0.29, 0.717) is 12.0 Å². The van der Waals surface area contributed by atoms with Crippen molar-refractivity contribution in [1.29, 1.82) is 0 Å². The minimum absolute atomic E-state index is 0.305. The molecule has 5 heteroatoms. The zero-order valence-electron chi connectivity index (χ0n) is 13.7. The van der Waals surface area contributed by atoms with Gasteiger partial charge in [0.25, 0.3) is 0 Å². The smallest absolute Gasteiger partial charge is 0.205 e. The topological polar surface area (TPSA) is 56.3 Å². The maximum atomic E-state index is 6.03. The number of piperidine rings is 1. The molecule has 0 aromatic carbocycles. The Balaban J connectivity index is 1.93. The van der Waals surface area contributed by atoms with E-state index in [1.165, 1.54) is 12.8 Å². The molecule has 5 nitrogen and oxygen atoms in total. The van der Waals surface area contributed by atoms with Gasteiger partial charge in [-0.3, -0.25) is 0 Å². The van der Waals surface area contributed by atoms with Crippen LogP contribution in [0.1, 0.15) is 38.8 Å². The molecule has 0 saturated carbocycles. The second-order valence-electron chi connectivity index (χ2n) is 6.11. The molecule has 120 valence electrons. The van der Waals surface area contributed by atoms with E-state index in [2.05, 4.69) is 29.5 Å². The number of nitrogens with zero attached hydrogens (tertiary/aromatic N) is 3. The largest absolute Gasteiger partial charge is 0.382 e. The number of anilines is 1. The number of aromatic nitrogens is 2. The van der Waals surface area contributed by atoms with Crippen LogP contribution in [0.25, 0.3) is 0 Å². The van der Waals surface area contributed by atoms with Crippen LogP contribution in [0.2, 0.25) is 0 Å². The van der Waals surface area contributed by atoms with E-state index in [4.69, 9.17) is 15.5 Å². The molecule has 1 saturated heterocycles. The van der Waals surface area contributed by atoms with Gasteiger partial charge in [-0.1, -0.05) is 0 Å². The van der Waals surface area contributed by atoms with E-state index in [1.54, 1.807) is 0 Å². The van der Waals surface area contributed by atoms with Crippen molar-refractivity contribution in [3.8, 4) is 0 Å². The number of imidazole rings is 1. The second-order valence-corrected chi connectivity index (χ2v) is 6.11. The van der Waals surface area contributed by atoms with Gasteiger partial charge in [-0.25, -0.2) is 4.98 Å². The molecule has 1 fully saturated rings. The predicted octanol–water partition coefficient (Wildman–Crippen LogP) is 2.18. The highest BCUT2D eigenvalue weighted by Crippen LogP contribution is 2.24. The molecule has 1 unspecified atom stereocenters. The first-order valence-corrected chi connectivity index (χ1v) is 8.23. The highest BCUT2D eigenvalue weighted by Gasteiger charge is 2.24. The maximum absolute atomic E-state index is 6.03. The lowest BCUT2D eigenvalue weighted by Gasteiger charge is -2.34. The summed E-state index contributed by atoms with van der Waals surface area (Å²) in [5.74, 6) is 1.77. The third-order valence-corrected chi connectivity index (χ3v) is 4.33. The Kier molecular flexibility index (Phi) is 6.06. The van der Waals surface area contributed by atoms with Crippen molar-refractivity contribution >= 4 is 5.95 Å². The molecule has 2 heterocycles. The van der Waals surface area contributed by atoms with Crippen LogP contribution >= 0.6 is 0 Å². The maximum Gasteiger partial charge on any atom is 0.205 e. The molecule has 0 bridgehead atoms. The monoisotopic (exact) mass is 294 g/mol. The van der Waals surface area contributed by atoms with Crippen LogP contribution in [0.15, 0.2) is 6.20 Å². The summed E-state index contributed by atoms with van der Waals surface area (Å²) in [6, 6.07) is 0.305. The lowest BCUT2D eigenvalue weighted by molar-refractivity contribution is 0.141. The zero-order valence-corrected chi connectivity index (χ0v) is 13.7. The Hall–Kier alpha value is -1.07. The molecular weight excluding hydrogens is 264 g/mol. The van der Waals surface area contributed by atoms with Crippen molar-refractivity contribution in [2.24, 2.45) is 11.7 Å². The van der Waals surface area contributed by atoms with E-state index in [0.717, 1.165) is 50.9 Å². The van der Waals surface area contributed by atoms with Crippen LogP contribution in [0.3, 0.4) is 0 Å². The minimum Gasteiger partial charge on any atom is -0.382 e. The molecule has 0 aliphatic carbocycles. The van der Waals surface area contributed by atoms with Gasteiger partial charge in [0.15, 0.2) is 0 Å². The van der Waals surface area contributed by atoms with Gasteiger partial charge in [0.2, 0.25) is 5.95 Å². The van der Waals surface area contributed by atoms with Crippen molar-refractivity contribution in [3.63, 3.8) is 0 Å². The summed E-state index contributed by atoms with van der Waals surface area (Å²) in [6.07, 6.45) is 5.52. The summed E-state index contributed by atoms with van der Waals surface area (Å²) in [5, 5.41) is 0. The third-order valence-electron chi connectivity index (χ3n) is 4.33. The Morgan fingerprint density at radius 2 is 2.14 bits per heavy atom. The Morgan fingerprint density at radius 3 is 2.76 bits per heavy atom. The van der Waals surface area contributed by atoms with Gasteiger partial charge >= 0.3 is 0 Å². The normalized spacial score (nSPS) is 18.2. The zero-order chi connectivity index (χ0) is 15.2. The Morgan fingerprint density at radius 1 is 1.43 bits per heavy atom. The van der Waals surface area contributed by atoms with Gasteiger partial charge in [0.05, 0.1) is 5.69 Å². The average molecular weight is 294 g/mol. The molecule has 0 amide bonds. The fraction of sp³-hybridized carbons (Fsp3) is 0.812. The molecule has 2 N–H and O–H groups in total. The number of ether oxygens (including phenoxy) is 1. The summed E-state index contributed by atoms with van der Waals surface area (Å²) in [4.78, 5) is 7.13. The summed E-state index contributed by atoms with van der Waals surface area (Å²) in [5.41, 5.74) is 7.12. The fourth-order valence-electron chi connectivity index (χ4n) is 3.06. The van der Waals surface area contributed by atoms with E-state index in [9.17, 15) is 0 Å². The lowest BCUT2D eigenvalue weighted by Crippen LogP contribution is -2.40. The van der Waals surface area contributed by atoms with Gasteiger partial charge in [-0.15, -0.1) is 0 Å². The Bertz CT molecular complexity index is 422. The van der Waals surface area contributed by atoms with Gasteiger partial charge in [0, 0.05) is 45.1 Å². The van der Waals surface area contributed by atoms with Crippen molar-refractivity contribution in [2.75, 3.05) is 31.2 Å². The molecule has 0 radical (unpaired) electrons. The van der Waals surface area contributed by atoms with Crippen molar-refractivity contribution in [3.05, 3.63) is 11.9 Å². The van der Waals surface area contributed by atoms with Gasteiger partial charge in [-0.2, -0.15) is 0 Å². The van der Waals surface area contributed by atoms with Crippen molar-refractivity contribution < 1.29 is 4.74 Å². The first-order chi connectivity index (χ1) is 10.1. The predicted molar refractivity (Wildman–Crippen MR) is 86.7 cm³/mol. The van der Waals surface area contributed by atoms with Crippen LogP contribution in [0.5, 0.6) is 0 Å². The molecule has 1 aliphatic heterocycles. The van der Waals surface area contributed by atoms with E-state index < -0.39 is 0 Å². The van der Waals surface area contributed by atoms with Crippen LogP contribution in [0.4, 0.5) is 5.95 Å². The molecule has 0 spiro atoms. The summed E-state index contributed by atoms with van der Waals surface area (Å²) in [6.45, 7) is 10.9. The SMILES string of the molecule is CCOCCCn1cc(C)nc1N1CCC(C(C)N)CC1. The van der Waals surface area contributed by atoms with Crippen molar-refractivity contribution in [1.82, 2.24) is 9.55 Å². The van der Waals surface area contributed by atoms with Gasteiger partial charge < -0.3 is 19.9 Å². The highest BCUT2D eigenvalue weighted by atomic mass is 16.5.